The first kappa shape index (κ1) is 14.0. The minimum absolute atomic E-state index is 0.301. The van der Waals surface area contributed by atoms with Crippen molar-refractivity contribution in [2.75, 3.05) is 31.5 Å². The molecule has 0 radical (unpaired) electrons. The van der Waals surface area contributed by atoms with E-state index in [0.29, 0.717) is 18.4 Å². The number of piperidine rings is 1. The summed E-state index contributed by atoms with van der Waals surface area (Å²) in [4.78, 5) is 16.2. The summed E-state index contributed by atoms with van der Waals surface area (Å²) in [6, 6.07) is 0.683. The number of halogens is 1. The van der Waals surface area contributed by atoms with Gasteiger partial charge in [0.15, 0.2) is 0 Å². The van der Waals surface area contributed by atoms with Crippen LogP contribution in [0.5, 0.6) is 0 Å². The van der Waals surface area contributed by atoms with E-state index in [2.05, 4.69) is 34.7 Å². The van der Waals surface area contributed by atoms with Crippen molar-refractivity contribution in [1.29, 1.82) is 0 Å². The van der Waals surface area contributed by atoms with Crippen LogP contribution in [0.15, 0.2) is 0 Å². The van der Waals surface area contributed by atoms with Crippen molar-refractivity contribution in [1.82, 2.24) is 9.80 Å². The van der Waals surface area contributed by atoms with Crippen LogP contribution >= 0.6 is 15.9 Å². The third-order valence-electron chi connectivity index (χ3n) is 3.45. The van der Waals surface area contributed by atoms with Gasteiger partial charge in [-0.3, -0.25) is 4.79 Å². The lowest BCUT2D eigenvalue weighted by atomic mass is 10.0. The molecule has 0 bridgehead atoms. The Morgan fingerprint density at radius 1 is 1.31 bits per heavy atom. The van der Waals surface area contributed by atoms with Crippen molar-refractivity contribution in [3.8, 4) is 0 Å². The van der Waals surface area contributed by atoms with Crippen LogP contribution in [-0.2, 0) is 4.79 Å². The maximum Gasteiger partial charge on any atom is 0.223 e. The van der Waals surface area contributed by atoms with Gasteiger partial charge in [0, 0.05) is 30.9 Å². The summed E-state index contributed by atoms with van der Waals surface area (Å²) >= 11 is 3.32. The summed E-state index contributed by atoms with van der Waals surface area (Å²) < 4.78 is 0. The van der Waals surface area contributed by atoms with Gasteiger partial charge < -0.3 is 9.80 Å². The lowest BCUT2D eigenvalue weighted by Crippen LogP contribution is -2.46. The Labute approximate surface area is 107 Å². The fraction of sp³-hybridized carbons (Fsp3) is 0.917. The van der Waals surface area contributed by atoms with Gasteiger partial charge in [-0.1, -0.05) is 29.8 Å². The summed E-state index contributed by atoms with van der Waals surface area (Å²) in [6.45, 7) is 8.55. The summed E-state index contributed by atoms with van der Waals surface area (Å²) in [5.74, 6) is 0.301. The van der Waals surface area contributed by atoms with E-state index in [1.807, 2.05) is 4.90 Å². The summed E-state index contributed by atoms with van der Waals surface area (Å²) in [6.07, 6.45) is 2.90. The Morgan fingerprint density at radius 3 is 2.31 bits per heavy atom. The molecule has 3 nitrogen and oxygen atoms in total. The molecule has 0 aromatic carbocycles. The molecule has 1 heterocycles. The number of rotatable bonds is 5. The highest BCUT2D eigenvalue weighted by Crippen LogP contribution is 2.17. The molecule has 0 saturated carbocycles. The van der Waals surface area contributed by atoms with Gasteiger partial charge in [0.25, 0.3) is 0 Å². The first-order valence-corrected chi connectivity index (χ1v) is 7.42. The van der Waals surface area contributed by atoms with E-state index in [1.54, 1.807) is 0 Å². The van der Waals surface area contributed by atoms with Crippen molar-refractivity contribution in [2.24, 2.45) is 0 Å². The second-order valence-electron chi connectivity index (χ2n) is 4.27. The molecule has 0 aromatic rings. The molecule has 1 fully saturated rings. The van der Waals surface area contributed by atoms with Crippen LogP contribution in [0.3, 0.4) is 0 Å². The summed E-state index contributed by atoms with van der Waals surface area (Å²) in [5, 5.41) is 0.780. The largest absolute Gasteiger partial charge is 0.343 e. The average Bonchev–Trinajstić information content (AvgIpc) is 2.32. The zero-order valence-corrected chi connectivity index (χ0v) is 12.0. The predicted octanol–water partition coefficient (Wildman–Crippen LogP) is 2.10. The van der Waals surface area contributed by atoms with Crippen molar-refractivity contribution in [2.45, 2.75) is 39.2 Å². The molecule has 0 aliphatic carbocycles. The lowest BCUT2D eigenvalue weighted by molar-refractivity contribution is -0.132. The molecule has 0 aromatic heterocycles. The first-order chi connectivity index (χ1) is 7.72. The Hall–Kier alpha value is -0.0900. The molecular weight excluding hydrogens is 268 g/mol. The van der Waals surface area contributed by atoms with Gasteiger partial charge in [0.1, 0.15) is 0 Å². The molecular formula is C12H23BrN2O. The minimum Gasteiger partial charge on any atom is -0.343 e. The van der Waals surface area contributed by atoms with E-state index in [4.69, 9.17) is 0 Å². The molecule has 0 spiro atoms. The van der Waals surface area contributed by atoms with Crippen LogP contribution in [-0.4, -0.2) is 53.3 Å². The normalized spacial score (nSPS) is 18.1. The van der Waals surface area contributed by atoms with Crippen LogP contribution in [0.2, 0.25) is 0 Å². The average molecular weight is 291 g/mol. The molecule has 1 aliphatic heterocycles. The standard InChI is InChI=1S/C12H23BrN2O/c1-3-14(4-2)11-6-9-15(10-7-11)12(16)5-8-13/h11H,3-10H2,1-2H3. The van der Waals surface area contributed by atoms with Crippen LogP contribution in [0.4, 0.5) is 0 Å². The molecule has 1 rings (SSSR count). The number of likely N-dealkylation sites (tertiary alicyclic amines) is 1. The molecule has 0 atom stereocenters. The topological polar surface area (TPSA) is 23.6 Å². The Morgan fingerprint density at radius 2 is 1.88 bits per heavy atom. The van der Waals surface area contributed by atoms with Crippen LogP contribution in [0.25, 0.3) is 0 Å². The van der Waals surface area contributed by atoms with E-state index >= 15 is 0 Å². The van der Waals surface area contributed by atoms with E-state index in [9.17, 15) is 4.79 Å². The monoisotopic (exact) mass is 290 g/mol. The highest BCUT2D eigenvalue weighted by molar-refractivity contribution is 9.09. The number of carbonyl (C=O) groups is 1. The molecule has 1 saturated heterocycles. The van der Waals surface area contributed by atoms with Gasteiger partial charge in [-0.2, -0.15) is 0 Å². The van der Waals surface area contributed by atoms with Crippen molar-refractivity contribution < 1.29 is 4.79 Å². The predicted molar refractivity (Wildman–Crippen MR) is 70.9 cm³/mol. The summed E-state index contributed by atoms with van der Waals surface area (Å²) in [7, 11) is 0. The molecule has 1 aliphatic rings. The highest BCUT2D eigenvalue weighted by atomic mass is 79.9. The molecule has 0 N–H and O–H groups in total. The third-order valence-corrected chi connectivity index (χ3v) is 3.85. The molecule has 1 amide bonds. The van der Waals surface area contributed by atoms with Crippen molar-refractivity contribution in [3.63, 3.8) is 0 Å². The number of hydrogen-bond donors (Lipinski definition) is 0. The smallest absolute Gasteiger partial charge is 0.223 e. The van der Waals surface area contributed by atoms with E-state index in [1.165, 1.54) is 0 Å². The van der Waals surface area contributed by atoms with Crippen LogP contribution < -0.4 is 0 Å². The third kappa shape index (κ3) is 3.74. The SMILES string of the molecule is CCN(CC)C1CCN(C(=O)CCBr)CC1. The first-order valence-electron chi connectivity index (χ1n) is 6.30. The van der Waals surface area contributed by atoms with Gasteiger partial charge in [0.2, 0.25) is 5.91 Å². The minimum atomic E-state index is 0.301. The van der Waals surface area contributed by atoms with Crippen LogP contribution in [0, 0.1) is 0 Å². The highest BCUT2D eigenvalue weighted by Gasteiger charge is 2.24. The number of amides is 1. The zero-order valence-electron chi connectivity index (χ0n) is 10.4. The number of nitrogens with zero attached hydrogens (tertiary/aromatic N) is 2. The van der Waals surface area contributed by atoms with Crippen molar-refractivity contribution in [3.05, 3.63) is 0 Å². The Balaban J connectivity index is 2.35. The zero-order chi connectivity index (χ0) is 12.0. The Bertz CT molecular complexity index is 211. The number of hydrogen-bond acceptors (Lipinski definition) is 2. The van der Waals surface area contributed by atoms with E-state index in [-0.39, 0.29) is 0 Å². The maximum atomic E-state index is 11.7. The Kier molecular flexibility index (Phi) is 6.36. The van der Waals surface area contributed by atoms with Gasteiger partial charge in [-0.05, 0) is 25.9 Å². The van der Waals surface area contributed by atoms with E-state index < -0.39 is 0 Å². The maximum absolute atomic E-state index is 11.7. The number of carbonyl (C=O) groups excluding carboxylic acids is 1. The second-order valence-corrected chi connectivity index (χ2v) is 5.07. The van der Waals surface area contributed by atoms with Gasteiger partial charge in [0.05, 0.1) is 0 Å². The van der Waals surface area contributed by atoms with Gasteiger partial charge in [-0.15, -0.1) is 0 Å². The van der Waals surface area contributed by atoms with Crippen molar-refractivity contribution >= 4 is 21.8 Å². The van der Waals surface area contributed by atoms with Crippen LogP contribution in [0.1, 0.15) is 33.1 Å². The fourth-order valence-corrected chi connectivity index (χ4v) is 2.80. The molecule has 94 valence electrons. The summed E-state index contributed by atoms with van der Waals surface area (Å²) in [5.41, 5.74) is 0. The fourth-order valence-electron chi connectivity index (χ4n) is 2.46. The van der Waals surface area contributed by atoms with Gasteiger partial charge >= 0.3 is 0 Å². The quantitative estimate of drug-likeness (QED) is 0.724. The number of alkyl halides is 1. The van der Waals surface area contributed by atoms with E-state index in [0.717, 1.165) is 44.4 Å². The van der Waals surface area contributed by atoms with Gasteiger partial charge in [-0.25, -0.2) is 0 Å². The molecule has 0 unspecified atom stereocenters. The lowest BCUT2D eigenvalue weighted by Gasteiger charge is -2.37. The second kappa shape index (κ2) is 7.28. The molecule has 16 heavy (non-hydrogen) atoms. The molecule has 4 heteroatoms.